The van der Waals surface area contributed by atoms with Crippen molar-refractivity contribution < 1.29 is 24.9 Å². The van der Waals surface area contributed by atoms with Crippen molar-refractivity contribution in [1.82, 2.24) is 0 Å². The quantitative estimate of drug-likeness (QED) is 0.286. The predicted molar refractivity (Wildman–Crippen MR) is 110 cm³/mol. The van der Waals surface area contributed by atoms with Gasteiger partial charge in [0.1, 0.15) is 0 Å². The summed E-state index contributed by atoms with van der Waals surface area (Å²) in [6, 6.07) is 9.18. The zero-order valence-corrected chi connectivity index (χ0v) is 16.1. The van der Waals surface area contributed by atoms with Crippen LogP contribution in [0.15, 0.2) is 72.9 Å². The van der Waals surface area contributed by atoms with E-state index in [0.717, 1.165) is 6.07 Å². The van der Waals surface area contributed by atoms with Gasteiger partial charge in [-0.05, 0) is 13.0 Å². The molecule has 0 atom stereocenters. The Balaban J connectivity index is 0.00000190. The summed E-state index contributed by atoms with van der Waals surface area (Å²) in [5.41, 5.74) is -0.0769. The number of ketones is 2. The smallest absolute Gasteiger partial charge is 0.201 e. The highest BCUT2D eigenvalue weighted by Crippen LogP contribution is 2.42. The van der Waals surface area contributed by atoms with Crippen molar-refractivity contribution in [2.75, 3.05) is 0 Å². The predicted octanol–water partition coefficient (Wildman–Crippen LogP) is 4.93. The van der Waals surface area contributed by atoms with Crippen LogP contribution in [0, 0.1) is 0 Å². The van der Waals surface area contributed by atoms with Crippen LogP contribution in [0.2, 0.25) is 0 Å². The van der Waals surface area contributed by atoms with Gasteiger partial charge >= 0.3 is 0 Å². The van der Waals surface area contributed by atoms with Gasteiger partial charge in [-0.1, -0.05) is 75.1 Å². The molecule has 3 N–H and O–H groups in total. The first-order chi connectivity index (χ1) is 13.4. The number of allylic oxidation sites excluding steroid dienone is 5. The molecular formula is C23H24O5. The third-order valence-corrected chi connectivity index (χ3v) is 3.76. The normalized spacial score (nSPS) is 10.9. The topological polar surface area (TPSA) is 94.8 Å². The Labute approximate surface area is 164 Å². The number of hydrogen-bond acceptors (Lipinski definition) is 5. The summed E-state index contributed by atoms with van der Waals surface area (Å²) in [4.78, 5) is 25.3. The Morgan fingerprint density at radius 2 is 1.50 bits per heavy atom. The van der Waals surface area contributed by atoms with E-state index in [2.05, 4.69) is 6.58 Å². The fraction of sp³-hybridized carbons (Fsp3) is 0.130. The van der Waals surface area contributed by atoms with E-state index in [1.165, 1.54) is 30.4 Å². The van der Waals surface area contributed by atoms with Crippen LogP contribution in [-0.4, -0.2) is 26.9 Å². The van der Waals surface area contributed by atoms with Gasteiger partial charge in [0.15, 0.2) is 23.1 Å². The van der Waals surface area contributed by atoms with Gasteiger partial charge in [0.2, 0.25) is 5.75 Å². The summed E-state index contributed by atoms with van der Waals surface area (Å²) in [5.74, 6) is -3.69. The van der Waals surface area contributed by atoms with Crippen LogP contribution in [0.4, 0.5) is 0 Å². The Morgan fingerprint density at radius 1 is 0.929 bits per heavy atom. The van der Waals surface area contributed by atoms with E-state index in [1.54, 1.807) is 31.2 Å². The van der Waals surface area contributed by atoms with Crippen molar-refractivity contribution in [2.24, 2.45) is 0 Å². The van der Waals surface area contributed by atoms with Crippen LogP contribution in [-0.2, 0) is 0 Å². The second kappa shape index (κ2) is 10.5. The Morgan fingerprint density at radius 3 is 2.04 bits per heavy atom. The summed E-state index contributed by atoms with van der Waals surface area (Å²) in [6.07, 6.45) is 6.03. The minimum atomic E-state index is -0.918. The Kier molecular flexibility index (Phi) is 8.44. The third-order valence-electron chi connectivity index (χ3n) is 3.76. The highest BCUT2D eigenvalue weighted by atomic mass is 16.3. The molecule has 5 nitrogen and oxygen atoms in total. The van der Waals surface area contributed by atoms with E-state index in [1.807, 2.05) is 13.8 Å². The molecule has 0 aromatic heterocycles. The molecule has 0 radical (unpaired) electrons. The summed E-state index contributed by atoms with van der Waals surface area (Å²) >= 11 is 0. The van der Waals surface area contributed by atoms with Crippen LogP contribution in [0.3, 0.4) is 0 Å². The second-order valence-corrected chi connectivity index (χ2v) is 5.38. The SMILES string of the molecule is C=C/C=C\C(=C/C)C(=O)c1cc(C(=O)c2ccccc2)c(O)c(O)c1O.CC. The molecule has 2 rings (SSSR count). The van der Waals surface area contributed by atoms with Gasteiger partial charge in [-0.15, -0.1) is 0 Å². The molecule has 0 bridgehead atoms. The lowest BCUT2D eigenvalue weighted by Gasteiger charge is -2.12. The average Bonchev–Trinajstić information content (AvgIpc) is 2.74. The second-order valence-electron chi connectivity index (χ2n) is 5.38. The van der Waals surface area contributed by atoms with E-state index in [4.69, 9.17) is 0 Å². The fourth-order valence-electron chi connectivity index (χ4n) is 2.37. The van der Waals surface area contributed by atoms with Crippen molar-refractivity contribution in [3.8, 4) is 17.2 Å². The van der Waals surface area contributed by atoms with Crippen molar-refractivity contribution >= 4 is 11.6 Å². The molecule has 146 valence electrons. The van der Waals surface area contributed by atoms with Crippen molar-refractivity contribution in [1.29, 1.82) is 0 Å². The van der Waals surface area contributed by atoms with Crippen LogP contribution in [0.5, 0.6) is 17.2 Å². The van der Waals surface area contributed by atoms with Crippen LogP contribution in [0.1, 0.15) is 47.1 Å². The molecule has 0 aliphatic rings. The maximum absolute atomic E-state index is 12.7. The van der Waals surface area contributed by atoms with E-state index in [-0.39, 0.29) is 22.3 Å². The number of phenolic OH excluding ortho intramolecular Hbond substituents is 3. The minimum Gasteiger partial charge on any atom is -0.504 e. The zero-order chi connectivity index (χ0) is 21.3. The molecule has 0 saturated carbocycles. The first-order valence-electron chi connectivity index (χ1n) is 8.80. The van der Waals surface area contributed by atoms with E-state index in [9.17, 15) is 24.9 Å². The van der Waals surface area contributed by atoms with Gasteiger partial charge < -0.3 is 15.3 Å². The maximum atomic E-state index is 12.7. The Hall–Kier alpha value is -3.60. The molecule has 0 heterocycles. The lowest BCUT2D eigenvalue weighted by atomic mass is 9.95. The van der Waals surface area contributed by atoms with Gasteiger partial charge in [-0.25, -0.2) is 0 Å². The first-order valence-corrected chi connectivity index (χ1v) is 8.80. The molecule has 0 aliphatic heterocycles. The highest BCUT2D eigenvalue weighted by Gasteiger charge is 2.25. The monoisotopic (exact) mass is 380 g/mol. The minimum absolute atomic E-state index is 0.225. The van der Waals surface area contributed by atoms with E-state index >= 15 is 0 Å². The number of rotatable bonds is 6. The molecule has 0 aliphatic carbocycles. The van der Waals surface area contributed by atoms with Crippen molar-refractivity contribution in [3.05, 3.63) is 89.5 Å². The number of aromatic hydroxyl groups is 3. The van der Waals surface area contributed by atoms with Gasteiger partial charge in [0.25, 0.3) is 0 Å². The molecule has 2 aromatic carbocycles. The summed E-state index contributed by atoms with van der Waals surface area (Å²) in [7, 11) is 0. The van der Waals surface area contributed by atoms with Gasteiger partial charge in [-0.2, -0.15) is 0 Å². The molecule has 0 fully saturated rings. The molecule has 0 spiro atoms. The van der Waals surface area contributed by atoms with Crippen molar-refractivity contribution in [3.63, 3.8) is 0 Å². The first kappa shape index (κ1) is 22.4. The van der Waals surface area contributed by atoms with Gasteiger partial charge in [-0.3, -0.25) is 9.59 Å². The van der Waals surface area contributed by atoms with Gasteiger partial charge in [0.05, 0.1) is 11.1 Å². The van der Waals surface area contributed by atoms with Crippen molar-refractivity contribution in [2.45, 2.75) is 20.8 Å². The molecule has 0 unspecified atom stereocenters. The van der Waals surface area contributed by atoms with Crippen LogP contribution >= 0.6 is 0 Å². The molecule has 0 amide bonds. The largest absolute Gasteiger partial charge is 0.504 e. The van der Waals surface area contributed by atoms with Gasteiger partial charge in [0, 0.05) is 11.1 Å². The average molecular weight is 380 g/mol. The number of benzene rings is 2. The molecular weight excluding hydrogens is 356 g/mol. The number of carbonyl (C=O) groups is 2. The van der Waals surface area contributed by atoms with Crippen LogP contribution < -0.4 is 0 Å². The summed E-state index contributed by atoms with van der Waals surface area (Å²) in [5, 5.41) is 30.1. The zero-order valence-electron chi connectivity index (χ0n) is 16.1. The number of phenols is 3. The summed E-state index contributed by atoms with van der Waals surface area (Å²) < 4.78 is 0. The lowest BCUT2D eigenvalue weighted by Crippen LogP contribution is -2.07. The molecule has 0 saturated heterocycles. The highest BCUT2D eigenvalue weighted by molar-refractivity contribution is 6.17. The third kappa shape index (κ3) is 4.76. The molecule has 5 heteroatoms. The van der Waals surface area contributed by atoms with E-state index < -0.39 is 28.8 Å². The number of carbonyl (C=O) groups excluding carboxylic acids is 2. The molecule has 28 heavy (non-hydrogen) atoms. The van der Waals surface area contributed by atoms with Crippen LogP contribution in [0.25, 0.3) is 0 Å². The number of hydrogen-bond donors (Lipinski definition) is 3. The lowest BCUT2D eigenvalue weighted by molar-refractivity contribution is 0.103. The maximum Gasteiger partial charge on any atom is 0.201 e. The van der Waals surface area contributed by atoms with E-state index in [0.29, 0.717) is 0 Å². The summed E-state index contributed by atoms with van der Waals surface area (Å²) in [6.45, 7) is 9.15. The Bertz CT molecular complexity index is 922. The standard InChI is InChI=1S/C21H18O5.C2H6/c1-3-5-9-13(4-2)17(22)15-12-16(20(25)21(26)19(15)24)18(23)14-10-7-6-8-11-14;1-2/h3-12,24-26H,1H2,2H3;1-2H3/b9-5-,13-4+;. The number of Topliss-reactive ketones (excluding diaryl/α,β-unsaturated/α-hetero) is 1. The fourth-order valence-corrected chi connectivity index (χ4v) is 2.37. The molecule has 2 aromatic rings.